The number of benzene rings is 1. The number of aliphatic hydroxyl groups is 3. The number of allylic oxidation sites excluding steroid dienone is 1. The molecular weight excluding hydrogens is 530 g/mol. The zero-order valence-electron chi connectivity index (χ0n) is 22.9. The van der Waals surface area contributed by atoms with Crippen molar-refractivity contribution in [1.82, 2.24) is 9.80 Å². The second-order valence-electron chi connectivity index (χ2n) is 11.7. The molecule has 41 heavy (non-hydrogen) atoms. The van der Waals surface area contributed by atoms with Crippen LogP contribution >= 0.6 is 0 Å². The van der Waals surface area contributed by atoms with E-state index in [0.29, 0.717) is 23.4 Å². The second-order valence-corrected chi connectivity index (χ2v) is 11.7. The molecule has 1 unspecified atom stereocenters. The smallest absolute Gasteiger partial charge is 0.255 e. The quantitative estimate of drug-likeness (QED) is 0.338. The normalized spacial score (nSPS) is 28.2. The summed E-state index contributed by atoms with van der Waals surface area (Å²) < 4.78 is 6.17. The molecule has 4 aliphatic rings. The number of phenolic OH excluding ortho intramolecular Hbond substituents is 1. The molecule has 2 heterocycles. The van der Waals surface area contributed by atoms with Crippen molar-refractivity contribution in [1.29, 1.82) is 0 Å². The second kappa shape index (κ2) is 9.57. The fourth-order valence-corrected chi connectivity index (χ4v) is 7.25. The minimum absolute atomic E-state index is 0.0270. The van der Waals surface area contributed by atoms with Gasteiger partial charge in [0.15, 0.2) is 11.4 Å². The van der Waals surface area contributed by atoms with Gasteiger partial charge in [-0.2, -0.15) is 0 Å². The van der Waals surface area contributed by atoms with E-state index in [0.717, 1.165) is 31.7 Å². The van der Waals surface area contributed by atoms with E-state index in [9.17, 15) is 34.8 Å². The number of aromatic hydroxyl groups is 1. The molecule has 1 aromatic carbocycles. The molecule has 0 bridgehead atoms. The maximum Gasteiger partial charge on any atom is 0.255 e. The standard InChI is InChI=1S/C30H33N3O8/c1-32(2)24-18-12-14-11-17-16(20-8-5-15(41-20)13-33-9-3-4-10-33)6-7-19(34)22(17)25(35)21(14)27(37)30(18,40)28(38)23(26(24)36)29(31)39/h5-8,14,18,24,34,36-37,40H,3-4,9-13H2,1-2H3,(H2,31,39)/t14?,18-,24+,30-/m0/s1. The molecule has 0 radical (unpaired) electrons. The van der Waals surface area contributed by atoms with Crippen LogP contribution in [0.25, 0.3) is 11.3 Å². The van der Waals surface area contributed by atoms with E-state index in [-0.39, 0.29) is 29.7 Å². The Morgan fingerprint density at radius 2 is 1.83 bits per heavy atom. The molecule has 6 rings (SSSR count). The number of phenols is 1. The minimum atomic E-state index is -2.66. The van der Waals surface area contributed by atoms with Gasteiger partial charge in [0.1, 0.15) is 34.4 Å². The summed E-state index contributed by atoms with van der Waals surface area (Å²) in [5.41, 5.74) is 2.82. The fraction of sp³-hybridized carbons (Fsp3) is 0.433. The number of fused-ring (bicyclic) bond motifs is 3. The van der Waals surface area contributed by atoms with Gasteiger partial charge in [-0.05, 0) is 88.6 Å². The Balaban J connectivity index is 1.45. The topological polar surface area (TPSA) is 178 Å². The first-order valence-corrected chi connectivity index (χ1v) is 13.8. The van der Waals surface area contributed by atoms with Gasteiger partial charge in [0.2, 0.25) is 5.78 Å². The number of primary amides is 1. The van der Waals surface area contributed by atoms with E-state index < -0.39 is 58.0 Å². The lowest BCUT2D eigenvalue weighted by molar-refractivity contribution is -0.148. The van der Waals surface area contributed by atoms with Crippen molar-refractivity contribution >= 4 is 17.5 Å². The predicted molar refractivity (Wildman–Crippen MR) is 146 cm³/mol. The van der Waals surface area contributed by atoms with Crippen molar-refractivity contribution in [3.63, 3.8) is 0 Å². The van der Waals surface area contributed by atoms with Gasteiger partial charge >= 0.3 is 0 Å². The number of hydrogen-bond acceptors (Lipinski definition) is 10. The van der Waals surface area contributed by atoms with Gasteiger partial charge in [0.05, 0.1) is 18.2 Å². The highest BCUT2D eigenvalue weighted by Crippen LogP contribution is 2.53. The van der Waals surface area contributed by atoms with Gasteiger partial charge in [-0.3, -0.25) is 24.2 Å². The number of amides is 1. The van der Waals surface area contributed by atoms with Crippen LogP contribution in [0.4, 0.5) is 0 Å². The third-order valence-corrected chi connectivity index (χ3v) is 9.11. The van der Waals surface area contributed by atoms with Crippen LogP contribution < -0.4 is 5.73 Å². The molecule has 216 valence electrons. The summed E-state index contributed by atoms with van der Waals surface area (Å²) in [4.78, 5) is 43.3. The van der Waals surface area contributed by atoms with E-state index in [4.69, 9.17) is 10.2 Å². The Kier molecular flexibility index (Phi) is 6.36. The molecule has 4 atom stereocenters. The van der Waals surface area contributed by atoms with Crippen LogP contribution in [0.3, 0.4) is 0 Å². The largest absolute Gasteiger partial charge is 0.510 e. The van der Waals surface area contributed by atoms with Crippen LogP contribution in [0.15, 0.2) is 51.3 Å². The van der Waals surface area contributed by atoms with Gasteiger partial charge in [0, 0.05) is 17.1 Å². The predicted octanol–water partition coefficient (Wildman–Crippen LogP) is 1.98. The number of likely N-dealkylation sites (tertiary alicyclic amines) is 1. The van der Waals surface area contributed by atoms with Gasteiger partial charge in [-0.25, -0.2) is 0 Å². The maximum atomic E-state index is 13.9. The van der Waals surface area contributed by atoms with Crippen LogP contribution in [0, 0.1) is 11.8 Å². The van der Waals surface area contributed by atoms with Gasteiger partial charge in [-0.15, -0.1) is 0 Å². The van der Waals surface area contributed by atoms with Gasteiger partial charge < -0.3 is 30.6 Å². The van der Waals surface area contributed by atoms with Gasteiger partial charge in [0.25, 0.3) is 5.91 Å². The SMILES string of the molecule is CN(C)[C@H]1C(O)=C(C(N)=O)C(=O)[C@@]2(O)C(O)=C3C(=O)c4c(O)ccc(-c5ccc(CN6CCCC6)o5)c4CC3C[C@@H]12. The first-order valence-electron chi connectivity index (χ1n) is 13.8. The number of likely N-dealkylation sites (N-methyl/N-ethyl adjacent to an activating group) is 1. The molecule has 3 aliphatic carbocycles. The van der Waals surface area contributed by atoms with Crippen molar-refractivity contribution in [2.24, 2.45) is 17.6 Å². The number of rotatable bonds is 5. The van der Waals surface area contributed by atoms with Crippen LogP contribution in [-0.2, 0) is 22.6 Å². The van der Waals surface area contributed by atoms with Crippen molar-refractivity contribution in [3.05, 3.63) is 63.8 Å². The van der Waals surface area contributed by atoms with Crippen LogP contribution in [-0.4, -0.2) is 86.5 Å². The van der Waals surface area contributed by atoms with Crippen molar-refractivity contribution < 1.29 is 39.2 Å². The molecule has 1 saturated heterocycles. The number of aliphatic hydroxyl groups excluding tert-OH is 2. The van der Waals surface area contributed by atoms with E-state index in [2.05, 4.69) is 4.90 Å². The number of carbonyl (C=O) groups is 3. The minimum Gasteiger partial charge on any atom is -0.510 e. The molecule has 1 fully saturated rings. The molecule has 11 nitrogen and oxygen atoms in total. The number of furan rings is 1. The molecule has 2 aromatic rings. The summed E-state index contributed by atoms with van der Waals surface area (Å²) in [5, 5.41) is 44.9. The van der Waals surface area contributed by atoms with Gasteiger partial charge in [-0.1, -0.05) is 0 Å². The zero-order valence-corrected chi connectivity index (χ0v) is 22.9. The number of nitrogens with two attached hydrogens (primary N) is 1. The number of ketones is 2. The molecule has 0 spiro atoms. The molecule has 1 aliphatic heterocycles. The average molecular weight is 564 g/mol. The van der Waals surface area contributed by atoms with Crippen molar-refractivity contribution in [2.75, 3.05) is 27.2 Å². The Bertz CT molecular complexity index is 1550. The van der Waals surface area contributed by atoms with E-state index in [1.807, 2.05) is 12.1 Å². The summed E-state index contributed by atoms with van der Waals surface area (Å²) >= 11 is 0. The number of hydrogen-bond donors (Lipinski definition) is 5. The van der Waals surface area contributed by atoms with E-state index in [1.165, 1.54) is 11.0 Å². The van der Waals surface area contributed by atoms with Crippen molar-refractivity contribution in [2.45, 2.75) is 43.9 Å². The third kappa shape index (κ3) is 3.94. The summed E-state index contributed by atoms with van der Waals surface area (Å²) in [6.07, 6.45) is 2.53. The monoisotopic (exact) mass is 563 g/mol. The summed E-state index contributed by atoms with van der Waals surface area (Å²) in [6, 6.07) is 5.76. The molecule has 1 aromatic heterocycles. The molecule has 6 N–H and O–H groups in total. The van der Waals surface area contributed by atoms with Crippen LogP contribution in [0.5, 0.6) is 5.75 Å². The molecule has 1 amide bonds. The lowest BCUT2D eigenvalue weighted by atomic mass is 9.58. The summed E-state index contributed by atoms with van der Waals surface area (Å²) in [5.74, 6) is -5.42. The lowest BCUT2D eigenvalue weighted by Gasteiger charge is -2.50. The Morgan fingerprint density at radius 1 is 1.12 bits per heavy atom. The van der Waals surface area contributed by atoms with E-state index >= 15 is 0 Å². The molecule has 11 heteroatoms. The third-order valence-electron chi connectivity index (χ3n) is 9.11. The lowest BCUT2D eigenvalue weighted by Crippen LogP contribution is -2.63. The first-order chi connectivity index (χ1) is 19.4. The maximum absolute atomic E-state index is 13.9. The average Bonchev–Trinajstić information content (AvgIpc) is 3.59. The summed E-state index contributed by atoms with van der Waals surface area (Å²) in [6.45, 7) is 2.69. The molecular formula is C30H33N3O8. The highest BCUT2D eigenvalue weighted by molar-refractivity contribution is 6.24. The van der Waals surface area contributed by atoms with E-state index in [1.54, 1.807) is 20.2 Å². The number of carbonyl (C=O) groups excluding carboxylic acids is 3. The first kappa shape index (κ1) is 27.3. The highest BCUT2D eigenvalue weighted by atomic mass is 16.4. The Morgan fingerprint density at radius 3 is 2.49 bits per heavy atom. The number of Topliss-reactive ketones (excluding diaryl/α,β-unsaturated/α-hetero) is 2. The zero-order chi connectivity index (χ0) is 29.4. The Labute approximate surface area is 236 Å². The molecule has 0 saturated carbocycles. The highest BCUT2D eigenvalue weighted by Gasteiger charge is 2.63. The Hall–Kier alpha value is -3.93. The van der Waals surface area contributed by atoms with Crippen LogP contribution in [0.1, 0.15) is 40.9 Å². The van der Waals surface area contributed by atoms with Crippen molar-refractivity contribution in [3.8, 4) is 17.1 Å². The number of nitrogens with zero attached hydrogens (tertiary/aromatic N) is 2. The fourth-order valence-electron chi connectivity index (χ4n) is 7.25. The summed E-state index contributed by atoms with van der Waals surface area (Å²) in [7, 11) is 3.19. The van der Waals surface area contributed by atoms with Crippen LogP contribution in [0.2, 0.25) is 0 Å².